The number of aromatic hydroxyl groups is 1. The van der Waals surface area contributed by atoms with Crippen molar-refractivity contribution in [1.82, 2.24) is 9.88 Å². The van der Waals surface area contributed by atoms with Gasteiger partial charge >= 0.3 is 0 Å². The molecular weight excluding hydrogens is 416 g/mol. The molecule has 166 valence electrons. The highest BCUT2D eigenvalue weighted by Gasteiger charge is 2.21. The summed E-state index contributed by atoms with van der Waals surface area (Å²) in [6, 6.07) is 22.1. The molecule has 0 spiro atoms. The molecule has 3 aromatic carbocycles. The first-order chi connectivity index (χ1) is 16.1. The topological polar surface area (TPSA) is 94.8 Å². The molecule has 1 aromatic heterocycles. The zero-order valence-corrected chi connectivity index (χ0v) is 18.1. The molecule has 1 aliphatic rings. The van der Waals surface area contributed by atoms with Gasteiger partial charge in [-0.3, -0.25) is 15.0 Å². The van der Waals surface area contributed by atoms with Crippen molar-refractivity contribution in [2.24, 2.45) is 4.99 Å². The summed E-state index contributed by atoms with van der Waals surface area (Å²) in [6.45, 7) is 3.22. The van der Waals surface area contributed by atoms with Crippen LogP contribution in [0.3, 0.4) is 0 Å². The van der Waals surface area contributed by atoms with E-state index in [1.54, 1.807) is 6.07 Å². The highest BCUT2D eigenvalue weighted by atomic mass is 16.6. The molecule has 0 amide bonds. The van der Waals surface area contributed by atoms with Gasteiger partial charge in [0.15, 0.2) is 5.88 Å². The van der Waals surface area contributed by atoms with E-state index in [1.165, 1.54) is 30.5 Å². The highest BCUT2D eigenvalue weighted by Crippen LogP contribution is 2.33. The summed E-state index contributed by atoms with van der Waals surface area (Å²) < 4.78 is 0. The number of nitrogens with one attached hydrogen (secondary N) is 1. The van der Waals surface area contributed by atoms with E-state index in [0.717, 1.165) is 30.9 Å². The number of hydrogen-bond acceptors (Lipinski definition) is 5. The first-order valence-corrected chi connectivity index (χ1v) is 11.0. The lowest BCUT2D eigenvalue weighted by molar-refractivity contribution is -0.384. The average Bonchev–Trinajstić information content (AvgIpc) is 3.45. The van der Waals surface area contributed by atoms with Crippen LogP contribution in [0.15, 0.2) is 77.8 Å². The van der Waals surface area contributed by atoms with Crippen LogP contribution in [0.25, 0.3) is 10.9 Å². The third kappa shape index (κ3) is 4.36. The molecular formula is C26H24N4O3. The largest absolute Gasteiger partial charge is 0.494 e. The Labute approximate surface area is 191 Å². The molecule has 0 radical (unpaired) electrons. The van der Waals surface area contributed by atoms with Crippen LogP contribution in [0.2, 0.25) is 0 Å². The van der Waals surface area contributed by atoms with Crippen LogP contribution in [0, 0.1) is 10.1 Å². The van der Waals surface area contributed by atoms with Crippen molar-refractivity contribution in [3.8, 4) is 5.88 Å². The normalized spacial score (nSPS) is 14.7. The number of H-pyrrole nitrogens is 1. The van der Waals surface area contributed by atoms with Crippen LogP contribution < -0.4 is 0 Å². The maximum absolute atomic E-state index is 11.3. The fourth-order valence-electron chi connectivity index (χ4n) is 4.38. The van der Waals surface area contributed by atoms with E-state index in [4.69, 9.17) is 4.99 Å². The van der Waals surface area contributed by atoms with Crippen LogP contribution in [0.1, 0.15) is 29.5 Å². The van der Waals surface area contributed by atoms with Gasteiger partial charge in [0.1, 0.15) is 0 Å². The number of aromatic nitrogens is 1. The molecule has 2 N–H and O–H groups in total. The Morgan fingerprint density at radius 1 is 1.03 bits per heavy atom. The van der Waals surface area contributed by atoms with E-state index in [0.29, 0.717) is 22.2 Å². The van der Waals surface area contributed by atoms with E-state index < -0.39 is 4.92 Å². The molecule has 0 unspecified atom stereocenters. The number of fused-ring (bicyclic) bond motifs is 1. The van der Waals surface area contributed by atoms with Gasteiger partial charge in [0.25, 0.3) is 5.69 Å². The summed E-state index contributed by atoms with van der Waals surface area (Å²) in [6.07, 6.45) is 2.52. The van der Waals surface area contributed by atoms with E-state index in [1.807, 2.05) is 42.5 Å². The zero-order valence-electron chi connectivity index (χ0n) is 18.1. The number of rotatable bonds is 6. The van der Waals surface area contributed by atoms with E-state index >= 15 is 0 Å². The Bertz CT molecular complexity index is 1320. The number of likely N-dealkylation sites (tertiary alicyclic amines) is 1. The van der Waals surface area contributed by atoms with Gasteiger partial charge in [0.05, 0.1) is 21.9 Å². The van der Waals surface area contributed by atoms with Crippen LogP contribution in [0.5, 0.6) is 5.88 Å². The fourth-order valence-corrected chi connectivity index (χ4v) is 4.38. The minimum atomic E-state index is -0.439. The quantitative estimate of drug-likeness (QED) is 0.234. The number of benzene rings is 3. The third-order valence-corrected chi connectivity index (χ3v) is 6.04. The molecule has 33 heavy (non-hydrogen) atoms. The Hall–Kier alpha value is -3.97. The molecule has 1 aliphatic heterocycles. The van der Waals surface area contributed by atoms with Gasteiger partial charge in [0, 0.05) is 35.1 Å². The van der Waals surface area contributed by atoms with Crippen molar-refractivity contribution < 1.29 is 10.0 Å². The van der Waals surface area contributed by atoms with Gasteiger partial charge in [-0.25, -0.2) is 4.99 Å². The number of aromatic amines is 1. The lowest BCUT2D eigenvalue weighted by Crippen LogP contribution is -2.18. The lowest BCUT2D eigenvalue weighted by atomic mass is 10.0. The molecule has 7 nitrogen and oxygen atoms in total. The molecule has 1 fully saturated rings. The van der Waals surface area contributed by atoms with Crippen molar-refractivity contribution in [2.45, 2.75) is 19.4 Å². The van der Waals surface area contributed by atoms with Crippen LogP contribution in [-0.4, -0.2) is 38.7 Å². The van der Waals surface area contributed by atoms with E-state index in [9.17, 15) is 15.2 Å². The second-order valence-corrected chi connectivity index (χ2v) is 8.31. The molecule has 0 aliphatic carbocycles. The van der Waals surface area contributed by atoms with Crippen LogP contribution >= 0.6 is 0 Å². The minimum Gasteiger partial charge on any atom is -0.494 e. The van der Waals surface area contributed by atoms with Crippen LogP contribution in [-0.2, 0) is 6.54 Å². The Kier molecular flexibility index (Phi) is 5.62. The number of non-ortho nitro benzene ring substituents is 1. The van der Waals surface area contributed by atoms with E-state index in [2.05, 4.69) is 22.0 Å². The van der Waals surface area contributed by atoms with Gasteiger partial charge in [0.2, 0.25) is 0 Å². The minimum absolute atomic E-state index is 0.0403. The molecule has 0 saturated carbocycles. The smallest absolute Gasteiger partial charge is 0.270 e. The van der Waals surface area contributed by atoms with Gasteiger partial charge in [-0.1, -0.05) is 42.5 Å². The maximum atomic E-state index is 11.3. The second kappa shape index (κ2) is 8.88. The number of aliphatic imine (C=N–C) groups is 1. The summed E-state index contributed by atoms with van der Waals surface area (Å²) in [5.41, 5.74) is 4.36. The summed E-state index contributed by atoms with van der Waals surface area (Å²) >= 11 is 0. The second-order valence-electron chi connectivity index (χ2n) is 8.31. The Morgan fingerprint density at radius 3 is 2.45 bits per heavy atom. The van der Waals surface area contributed by atoms with Gasteiger partial charge < -0.3 is 10.1 Å². The number of hydrogen-bond donors (Lipinski definition) is 2. The zero-order chi connectivity index (χ0) is 22.8. The standard InChI is InChI=1S/C26H24N4O3/c31-26-24(22-16-21(30(32)33)12-13-23(22)28-26)25(19-6-2-1-3-7-19)27-20-10-8-18(9-11-20)17-29-14-4-5-15-29/h1-3,6-13,16,28,31H,4-5,14-15,17H2. The molecule has 1 saturated heterocycles. The first-order valence-electron chi connectivity index (χ1n) is 11.0. The van der Waals surface area contributed by atoms with Crippen molar-refractivity contribution in [3.05, 3.63) is 99.6 Å². The number of nitro groups is 1. The molecule has 0 atom stereocenters. The predicted molar refractivity (Wildman–Crippen MR) is 129 cm³/mol. The van der Waals surface area contributed by atoms with Crippen molar-refractivity contribution >= 4 is 28.0 Å². The number of nitrogens with zero attached hydrogens (tertiary/aromatic N) is 3. The van der Waals surface area contributed by atoms with Crippen LogP contribution in [0.4, 0.5) is 11.4 Å². The Morgan fingerprint density at radius 2 is 1.76 bits per heavy atom. The van der Waals surface area contributed by atoms with Gasteiger partial charge in [-0.05, 0) is 49.7 Å². The van der Waals surface area contributed by atoms with Crippen molar-refractivity contribution in [1.29, 1.82) is 0 Å². The lowest BCUT2D eigenvalue weighted by Gasteiger charge is -2.14. The molecule has 4 aromatic rings. The molecule has 7 heteroatoms. The van der Waals surface area contributed by atoms with Gasteiger partial charge in [-0.2, -0.15) is 0 Å². The molecule has 0 bridgehead atoms. The molecule has 2 heterocycles. The average molecular weight is 441 g/mol. The summed E-state index contributed by atoms with van der Waals surface area (Å²) in [7, 11) is 0. The predicted octanol–water partition coefficient (Wildman–Crippen LogP) is 5.55. The van der Waals surface area contributed by atoms with Gasteiger partial charge in [-0.15, -0.1) is 0 Å². The van der Waals surface area contributed by atoms with Crippen molar-refractivity contribution in [2.75, 3.05) is 13.1 Å². The SMILES string of the molecule is O=[N+]([O-])c1ccc2[nH]c(O)c(C(=Nc3ccc(CN4CCCC4)cc3)c3ccccc3)c2c1. The summed E-state index contributed by atoms with van der Waals surface area (Å²) in [4.78, 5) is 21.2. The summed E-state index contributed by atoms with van der Waals surface area (Å²) in [5.74, 6) is -0.0706. The first kappa shape index (κ1) is 20.9. The fraction of sp³-hybridized carbons (Fsp3) is 0.192. The monoisotopic (exact) mass is 440 g/mol. The molecule has 5 rings (SSSR count). The number of nitro benzene ring substituents is 1. The maximum Gasteiger partial charge on any atom is 0.270 e. The van der Waals surface area contributed by atoms with E-state index in [-0.39, 0.29) is 11.6 Å². The third-order valence-electron chi connectivity index (χ3n) is 6.04. The summed E-state index contributed by atoms with van der Waals surface area (Å²) in [5, 5.41) is 22.7. The Balaban J connectivity index is 1.59. The highest BCUT2D eigenvalue weighted by molar-refractivity contribution is 6.22. The van der Waals surface area contributed by atoms with Crippen molar-refractivity contribution in [3.63, 3.8) is 0 Å².